The first-order valence-corrected chi connectivity index (χ1v) is 7.35. The summed E-state index contributed by atoms with van der Waals surface area (Å²) >= 11 is 0. The summed E-state index contributed by atoms with van der Waals surface area (Å²) in [7, 11) is -3.35. The fraction of sp³-hybridized carbons (Fsp3) is 1.00. The highest BCUT2D eigenvalue weighted by atomic mass is 32.2. The molecule has 0 aromatic heterocycles. The van der Waals surface area contributed by atoms with Gasteiger partial charge in [-0.1, -0.05) is 13.8 Å². The van der Waals surface area contributed by atoms with Crippen molar-refractivity contribution < 1.29 is 13.5 Å². The summed E-state index contributed by atoms with van der Waals surface area (Å²) in [4.78, 5) is 0. The molecule has 1 fully saturated rings. The van der Waals surface area contributed by atoms with Gasteiger partial charge in [-0.25, -0.2) is 0 Å². The molecule has 1 aliphatic heterocycles. The molecule has 1 saturated heterocycles. The number of β-amino-alcohol motifs (C(OH)–C–C–N with tert-alkyl or cyclic N) is 1. The molecule has 0 amide bonds. The van der Waals surface area contributed by atoms with E-state index in [0.717, 1.165) is 12.8 Å². The van der Waals surface area contributed by atoms with Crippen molar-refractivity contribution in [3.63, 3.8) is 0 Å². The molecule has 0 radical (unpaired) electrons. The second-order valence-corrected chi connectivity index (χ2v) is 6.14. The van der Waals surface area contributed by atoms with Crippen LogP contribution in [0.2, 0.25) is 0 Å². The van der Waals surface area contributed by atoms with Crippen molar-refractivity contribution in [2.45, 2.75) is 39.2 Å². The van der Waals surface area contributed by atoms with Crippen molar-refractivity contribution in [2.75, 3.05) is 26.2 Å². The number of aliphatic hydroxyl groups is 1. The van der Waals surface area contributed by atoms with Crippen molar-refractivity contribution in [2.24, 2.45) is 0 Å². The zero-order valence-corrected chi connectivity index (χ0v) is 10.9. The minimum absolute atomic E-state index is 0.242. The van der Waals surface area contributed by atoms with Gasteiger partial charge in [0.25, 0.3) is 10.2 Å². The van der Waals surface area contributed by atoms with E-state index < -0.39 is 16.3 Å². The molecule has 1 aliphatic rings. The third kappa shape index (κ3) is 3.16. The lowest BCUT2D eigenvalue weighted by Gasteiger charge is -2.26. The molecule has 0 aromatic rings. The SMILES string of the molecule is CCCN(CCC)S(=O)(=O)N1CC[C@@H](O)C1. The topological polar surface area (TPSA) is 60.9 Å². The van der Waals surface area contributed by atoms with E-state index in [-0.39, 0.29) is 6.54 Å². The van der Waals surface area contributed by atoms with E-state index in [1.165, 1.54) is 8.61 Å². The van der Waals surface area contributed by atoms with Gasteiger partial charge < -0.3 is 5.11 Å². The van der Waals surface area contributed by atoms with Crippen molar-refractivity contribution in [3.8, 4) is 0 Å². The van der Waals surface area contributed by atoms with Gasteiger partial charge in [0, 0.05) is 26.2 Å². The summed E-state index contributed by atoms with van der Waals surface area (Å²) < 4.78 is 27.3. The second-order valence-electron chi connectivity index (χ2n) is 4.21. The van der Waals surface area contributed by atoms with Crippen molar-refractivity contribution in [1.82, 2.24) is 8.61 Å². The summed E-state index contributed by atoms with van der Waals surface area (Å²) in [6.45, 7) is 5.74. The first-order valence-electron chi connectivity index (χ1n) is 5.95. The van der Waals surface area contributed by atoms with Gasteiger partial charge in [-0.05, 0) is 19.3 Å². The first kappa shape index (κ1) is 13.9. The monoisotopic (exact) mass is 250 g/mol. The largest absolute Gasteiger partial charge is 0.392 e. The number of rotatable bonds is 6. The third-order valence-electron chi connectivity index (χ3n) is 2.72. The van der Waals surface area contributed by atoms with Crippen molar-refractivity contribution in [3.05, 3.63) is 0 Å². The maximum Gasteiger partial charge on any atom is 0.282 e. The Bertz CT molecular complexity index is 299. The van der Waals surface area contributed by atoms with Crippen molar-refractivity contribution >= 4 is 10.2 Å². The number of hydrogen-bond donors (Lipinski definition) is 1. The molecule has 16 heavy (non-hydrogen) atoms. The molecule has 0 bridgehead atoms. The van der Waals surface area contributed by atoms with Crippen molar-refractivity contribution in [1.29, 1.82) is 0 Å². The van der Waals surface area contributed by atoms with Gasteiger partial charge in [0.2, 0.25) is 0 Å². The van der Waals surface area contributed by atoms with E-state index in [2.05, 4.69) is 0 Å². The van der Waals surface area contributed by atoms with E-state index in [9.17, 15) is 13.5 Å². The summed E-state index contributed by atoms with van der Waals surface area (Å²) in [5, 5.41) is 9.38. The van der Waals surface area contributed by atoms with Crippen LogP contribution in [0.15, 0.2) is 0 Å². The van der Waals surface area contributed by atoms with E-state index in [1.807, 2.05) is 13.8 Å². The van der Waals surface area contributed by atoms with Crippen LogP contribution in [0.5, 0.6) is 0 Å². The zero-order valence-electron chi connectivity index (χ0n) is 10.1. The van der Waals surface area contributed by atoms with Crippen LogP contribution in [0.25, 0.3) is 0 Å². The number of nitrogens with zero attached hydrogens (tertiary/aromatic N) is 2. The van der Waals surface area contributed by atoms with Crippen LogP contribution in [-0.2, 0) is 10.2 Å². The molecule has 1 rings (SSSR count). The van der Waals surface area contributed by atoms with Gasteiger partial charge in [0.1, 0.15) is 0 Å². The van der Waals surface area contributed by atoms with E-state index in [4.69, 9.17) is 0 Å². The summed E-state index contributed by atoms with van der Waals surface area (Å²) in [6.07, 6.45) is 1.68. The van der Waals surface area contributed by atoms with Gasteiger partial charge in [0.15, 0.2) is 0 Å². The molecule has 1 atom stereocenters. The zero-order chi connectivity index (χ0) is 12.2. The Balaban J connectivity index is 2.72. The molecular weight excluding hydrogens is 228 g/mol. The maximum atomic E-state index is 12.2. The molecule has 96 valence electrons. The molecule has 1 heterocycles. The van der Waals surface area contributed by atoms with Crippen LogP contribution in [0, 0.1) is 0 Å². The number of hydrogen-bond acceptors (Lipinski definition) is 3. The molecule has 0 saturated carbocycles. The van der Waals surface area contributed by atoms with Crippen LogP contribution in [0.1, 0.15) is 33.1 Å². The van der Waals surface area contributed by atoms with Crippen LogP contribution in [-0.4, -0.2) is 54.4 Å². The van der Waals surface area contributed by atoms with Crippen LogP contribution >= 0.6 is 0 Å². The smallest absolute Gasteiger partial charge is 0.282 e. The Kier molecular flexibility index (Phi) is 5.17. The highest BCUT2D eigenvalue weighted by Crippen LogP contribution is 2.17. The minimum atomic E-state index is -3.35. The lowest BCUT2D eigenvalue weighted by atomic mass is 10.3. The van der Waals surface area contributed by atoms with Crippen LogP contribution in [0.4, 0.5) is 0 Å². The van der Waals surface area contributed by atoms with E-state index in [1.54, 1.807) is 0 Å². The summed E-state index contributed by atoms with van der Waals surface area (Å²) in [5.41, 5.74) is 0. The van der Waals surface area contributed by atoms with Gasteiger partial charge in [-0.2, -0.15) is 17.0 Å². The Morgan fingerprint density at radius 1 is 1.31 bits per heavy atom. The van der Waals surface area contributed by atoms with E-state index >= 15 is 0 Å². The molecular formula is C10H22N2O3S. The fourth-order valence-corrected chi connectivity index (χ4v) is 3.77. The quantitative estimate of drug-likeness (QED) is 0.743. The summed E-state index contributed by atoms with van der Waals surface area (Å²) in [5.74, 6) is 0. The lowest BCUT2D eigenvalue weighted by Crippen LogP contribution is -2.43. The summed E-state index contributed by atoms with van der Waals surface area (Å²) in [6, 6.07) is 0. The Labute approximate surface area is 98.2 Å². The molecule has 1 N–H and O–H groups in total. The highest BCUT2D eigenvalue weighted by molar-refractivity contribution is 7.86. The van der Waals surface area contributed by atoms with Crippen LogP contribution < -0.4 is 0 Å². The van der Waals surface area contributed by atoms with Gasteiger partial charge in [-0.15, -0.1) is 0 Å². The van der Waals surface area contributed by atoms with Gasteiger partial charge in [-0.3, -0.25) is 0 Å². The molecule has 5 nitrogen and oxygen atoms in total. The molecule has 0 aromatic carbocycles. The number of aliphatic hydroxyl groups excluding tert-OH is 1. The third-order valence-corrected chi connectivity index (χ3v) is 4.73. The molecule has 6 heteroatoms. The second kappa shape index (κ2) is 5.95. The average Bonchev–Trinajstić information content (AvgIpc) is 2.65. The normalized spacial score (nSPS) is 23.1. The molecule has 0 aliphatic carbocycles. The average molecular weight is 250 g/mol. The molecule has 0 spiro atoms. The Morgan fingerprint density at radius 2 is 1.88 bits per heavy atom. The minimum Gasteiger partial charge on any atom is -0.392 e. The standard InChI is InChI=1S/C10H22N2O3S/c1-3-6-11(7-4-2)16(14,15)12-8-5-10(13)9-12/h10,13H,3-9H2,1-2H3/t10-/m1/s1. The highest BCUT2D eigenvalue weighted by Gasteiger charge is 2.34. The van der Waals surface area contributed by atoms with E-state index in [0.29, 0.717) is 26.1 Å². The molecule has 0 unspecified atom stereocenters. The predicted molar refractivity (Wildman–Crippen MR) is 63.3 cm³/mol. The Morgan fingerprint density at radius 3 is 2.25 bits per heavy atom. The van der Waals surface area contributed by atoms with Gasteiger partial charge in [0.05, 0.1) is 6.10 Å². The lowest BCUT2D eigenvalue weighted by molar-refractivity contribution is 0.188. The predicted octanol–water partition coefficient (Wildman–Crippen LogP) is 0.420. The van der Waals surface area contributed by atoms with Crippen LogP contribution in [0.3, 0.4) is 0 Å². The first-order chi connectivity index (χ1) is 7.52. The van der Waals surface area contributed by atoms with Gasteiger partial charge >= 0.3 is 0 Å². The Hall–Kier alpha value is -0.170. The fourth-order valence-electron chi connectivity index (χ4n) is 1.92. The maximum absolute atomic E-state index is 12.2.